The highest BCUT2D eigenvalue weighted by Gasteiger charge is 2.18. The van der Waals surface area contributed by atoms with Crippen LogP contribution in [0, 0.1) is 0 Å². The summed E-state index contributed by atoms with van der Waals surface area (Å²) in [6.07, 6.45) is 1.51. The van der Waals surface area contributed by atoms with E-state index in [-0.39, 0.29) is 11.9 Å². The monoisotopic (exact) mass is 320 g/mol. The van der Waals surface area contributed by atoms with Gasteiger partial charge < -0.3 is 10.2 Å². The van der Waals surface area contributed by atoms with E-state index < -0.39 is 0 Å². The van der Waals surface area contributed by atoms with Crippen LogP contribution in [0.4, 0.5) is 5.82 Å². The minimum atomic E-state index is -0.378. The standard InChI is InChI=1S/C19H20N4O/c1-14(19(24)23(2)12-15-8-4-3-5-9-15)22-18-16-10-6-7-11-17(16)20-13-21-18/h3-11,13-14H,12H2,1-2H3,(H,20,21,22). The van der Waals surface area contributed by atoms with Crippen LogP contribution < -0.4 is 5.32 Å². The second-order valence-electron chi connectivity index (χ2n) is 5.79. The second kappa shape index (κ2) is 7.08. The van der Waals surface area contributed by atoms with Crippen LogP contribution in [0.3, 0.4) is 0 Å². The number of likely N-dealkylation sites (N-methyl/N-ethyl adjacent to an activating group) is 1. The van der Waals surface area contributed by atoms with Crippen molar-refractivity contribution in [2.45, 2.75) is 19.5 Å². The van der Waals surface area contributed by atoms with E-state index in [9.17, 15) is 4.79 Å². The maximum atomic E-state index is 12.6. The Hall–Kier alpha value is -2.95. The zero-order valence-electron chi connectivity index (χ0n) is 13.8. The van der Waals surface area contributed by atoms with Gasteiger partial charge >= 0.3 is 0 Å². The number of nitrogens with zero attached hydrogens (tertiary/aromatic N) is 3. The van der Waals surface area contributed by atoms with E-state index in [4.69, 9.17) is 0 Å². The van der Waals surface area contributed by atoms with Crippen LogP contribution in [-0.2, 0) is 11.3 Å². The molecule has 5 heteroatoms. The normalized spacial score (nSPS) is 11.9. The molecule has 24 heavy (non-hydrogen) atoms. The van der Waals surface area contributed by atoms with Crippen LogP contribution in [0.5, 0.6) is 0 Å². The summed E-state index contributed by atoms with van der Waals surface area (Å²) in [5, 5.41) is 4.12. The average Bonchev–Trinajstić information content (AvgIpc) is 2.62. The first-order valence-electron chi connectivity index (χ1n) is 7.90. The van der Waals surface area contributed by atoms with E-state index in [0.717, 1.165) is 16.5 Å². The molecule has 0 fully saturated rings. The fraction of sp³-hybridized carbons (Fsp3) is 0.211. The number of hydrogen-bond acceptors (Lipinski definition) is 4. The van der Waals surface area contributed by atoms with Crippen LogP contribution in [0.2, 0.25) is 0 Å². The van der Waals surface area contributed by atoms with Crippen LogP contribution in [0.1, 0.15) is 12.5 Å². The Morgan fingerprint density at radius 3 is 2.58 bits per heavy atom. The van der Waals surface area contributed by atoms with Crippen molar-refractivity contribution in [2.75, 3.05) is 12.4 Å². The Morgan fingerprint density at radius 2 is 1.79 bits per heavy atom. The summed E-state index contributed by atoms with van der Waals surface area (Å²) in [5.74, 6) is 0.691. The first kappa shape index (κ1) is 15.9. The number of fused-ring (bicyclic) bond motifs is 1. The highest BCUT2D eigenvalue weighted by molar-refractivity contribution is 5.91. The van der Waals surface area contributed by atoms with E-state index in [1.165, 1.54) is 6.33 Å². The zero-order valence-corrected chi connectivity index (χ0v) is 13.8. The Kier molecular flexibility index (Phi) is 4.70. The quantitative estimate of drug-likeness (QED) is 0.785. The van der Waals surface area contributed by atoms with E-state index in [1.807, 2.05) is 68.6 Å². The van der Waals surface area contributed by atoms with E-state index in [2.05, 4.69) is 15.3 Å². The Labute approximate surface area is 141 Å². The van der Waals surface area contributed by atoms with Crippen LogP contribution in [0.25, 0.3) is 10.9 Å². The molecule has 0 spiro atoms. The largest absolute Gasteiger partial charge is 0.358 e. The van der Waals surface area contributed by atoms with Gasteiger partial charge in [0.1, 0.15) is 18.2 Å². The molecule has 2 aromatic carbocycles. The molecule has 0 bridgehead atoms. The Morgan fingerprint density at radius 1 is 1.08 bits per heavy atom. The summed E-state index contributed by atoms with van der Waals surface area (Å²) < 4.78 is 0. The Bertz CT molecular complexity index is 830. The fourth-order valence-electron chi connectivity index (χ4n) is 2.65. The SMILES string of the molecule is CC(Nc1ncnc2ccccc12)C(=O)N(C)Cc1ccccc1. The lowest BCUT2D eigenvalue weighted by Gasteiger charge is -2.23. The first-order chi connectivity index (χ1) is 11.6. The fourth-order valence-corrected chi connectivity index (χ4v) is 2.65. The summed E-state index contributed by atoms with van der Waals surface area (Å²) in [6.45, 7) is 2.43. The molecule has 1 aromatic heterocycles. The Balaban J connectivity index is 1.71. The predicted molar refractivity (Wildman–Crippen MR) is 95.5 cm³/mol. The van der Waals surface area contributed by atoms with Crippen molar-refractivity contribution in [3.05, 3.63) is 66.5 Å². The third-order valence-corrected chi connectivity index (χ3v) is 3.91. The van der Waals surface area contributed by atoms with E-state index in [0.29, 0.717) is 12.4 Å². The summed E-state index contributed by atoms with van der Waals surface area (Å²) in [4.78, 5) is 22.8. The number of carbonyl (C=O) groups excluding carboxylic acids is 1. The predicted octanol–water partition coefficient (Wildman–Crippen LogP) is 3.09. The summed E-state index contributed by atoms with van der Waals surface area (Å²) in [6, 6.07) is 17.3. The topological polar surface area (TPSA) is 58.1 Å². The molecule has 1 heterocycles. The zero-order chi connectivity index (χ0) is 16.9. The molecule has 5 nitrogen and oxygen atoms in total. The molecule has 3 rings (SSSR count). The number of para-hydroxylation sites is 1. The van der Waals surface area contributed by atoms with Crippen LogP contribution in [-0.4, -0.2) is 33.9 Å². The van der Waals surface area contributed by atoms with Crippen LogP contribution in [0.15, 0.2) is 60.9 Å². The second-order valence-corrected chi connectivity index (χ2v) is 5.79. The molecule has 0 aliphatic heterocycles. The number of hydrogen-bond donors (Lipinski definition) is 1. The highest BCUT2D eigenvalue weighted by atomic mass is 16.2. The molecule has 0 aliphatic carbocycles. The lowest BCUT2D eigenvalue weighted by atomic mass is 10.2. The van der Waals surface area contributed by atoms with E-state index in [1.54, 1.807) is 4.90 Å². The van der Waals surface area contributed by atoms with Gasteiger partial charge in [-0.15, -0.1) is 0 Å². The molecular formula is C19H20N4O. The van der Waals surface area contributed by atoms with Crippen molar-refractivity contribution in [2.24, 2.45) is 0 Å². The summed E-state index contributed by atoms with van der Waals surface area (Å²) in [7, 11) is 1.81. The van der Waals surface area contributed by atoms with Crippen LogP contribution >= 0.6 is 0 Å². The first-order valence-corrected chi connectivity index (χ1v) is 7.90. The van der Waals surface area contributed by atoms with Crippen molar-refractivity contribution >= 4 is 22.6 Å². The molecule has 1 atom stereocenters. The third-order valence-electron chi connectivity index (χ3n) is 3.91. The number of amides is 1. The van der Waals surface area contributed by atoms with Gasteiger partial charge in [-0.2, -0.15) is 0 Å². The number of aromatic nitrogens is 2. The molecular weight excluding hydrogens is 300 g/mol. The summed E-state index contributed by atoms with van der Waals surface area (Å²) in [5.41, 5.74) is 1.96. The highest BCUT2D eigenvalue weighted by Crippen LogP contribution is 2.19. The van der Waals surface area contributed by atoms with Gasteiger partial charge in [0.25, 0.3) is 0 Å². The van der Waals surface area contributed by atoms with Crippen molar-refractivity contribution in [3.63, 3.8) is 0 Å². The van der Waals surface area contributed by atoms with Crippen molar-refractivity contribution < 1.29 is 4.79 Å². The number of carbonyl (C=O) groups is 1. The van der Waals surface area contributed by atoms with Gasteiger partial charge in [0.2, 0.25) is 5.91 Å². The third kappa shape index (κ3) is 3.51. The molecule has 1 amide bonds. The smallest absolute Gasteiger partial charge is 0.244 e. The number of nitrogens with one attached hydrogen (secondary N) is 1. The van der Waals surface area contributed by atoms with Gasteiger partial charge in [-0.3, -0.25) is 4.79 Å². The summed E-state index contributed by atoms with van der Waals surface area (Å²) >= 11 is 0. The molecule has 3 aromatic rings. The van der Waals surface area contributed by atoms with Gasteiger partial charge in [0, 0.05) is 19.0 Å². The van der Waals surface area contributed by atoms with Crippen molar-refractivity contribution in [1.29, 1.82) is 0 Å². The van der Waals surface area contributed by atoms with Gasteiger partial charge in [-0.05, 0) is 24.6 Å². The van der Waals surface area contributed by atoms with Gasteiger partial charge in [0.05, 0.1) is 5.52 Å². The molecule has 0 saturated heterocycles. The van der Waals surface area contributed by atoms with Gasteiger partial charge in [-0.25, -0.2) is 9.97 Å². The lowest BCUT2D eigenvalue weighted by Crippen LogP contribution is -2.38. The maximum absolute atomic E-state index is 12.6. The lowest BCUT2D eigenvalue weighted by molar-refractivity contribution is -0.130. The minimum absolute atomic E-state index is 0.0153. The number of benzene rings is 2. The molecule has 1 N–H and O–H groups in total. The maximum Gasteiger partial charge on any atom is 0.244 e. The molecule has 0 saturated carbocycles. The van der Waals surface area contributed by atoms with Gasteiger partial charge in [-0.1, -0.05) is 42.5 Å². The van der Waals surface area contributed by atoms with E-state index >= 15 is 0 Å². The average molecular weight is 320 g/mol. The van der Waals surface area contributed by atoms with Gasteiger partial charge in [0.15, 0.2) is 0 Å². The van der Waals surface area contributed by atoms with Crippen molar-refractivity contribution in [1.82, 2.24) is 14.9 Å². The molecule has 0 radical (unpaired) electrons. The minimum Gasteiger partial charge on any atom is -0.358 e. The van der Waals surface area contributed by atoms with Crippen molar-refractivity contribution in [3.8, 4) is 0 Å². The molecule has 0 aliphatic rings. The molecule has 122 valence electrons. The number of anilines is 1. The molecule has 1 unspecified atom stereocenters. The number of rotatable bonds is 5.